The molecule has 0 bridgehead atoms. The molecule has 0 N–H and O–H groups in total. The van der Waals surface area contributed by atoms with Gasteiger partial charge in [0, 0.05) is 31.1 Å². The van der Waals surface area contributed by atoms with E-state index < -0.39 is 0 Å². The van der Waals surface area contributed by atoms with Gasteiger partial charge in [-0.05, 0) is 37.5 Å². The monoisotopic (exact) mass is 258 g/mol. The van der Waals surface area contributed by atoms with Crippen molar-refractivity contribution in [3.05, 3.63) is 36.2 Å². The number of rotatable bonds is 4. The van der Waals surface area contributed by atoms with Crippen molar-refractivity contribution in [2.75, 3.05) is 6.54 Å². The molecule has 3 heteroatoms. The van der Waals surface area contributed by atoms with Crippen LogP contribution in [0.25, 0.3) is 6.08 Å². The molecular formula is C16H22N2O. The van der Waals surface area contributed by atoms with Crippen molar-refractivity contribution in [1.82, 2.24) is 9.88 Å². The highest BCUT2D eigenvalue weighted by Crippen LogP contribution is 2.22. The molecule has 0 unspecified atom stereocenters. The Bertz CT molecular complexity index is 422. The van der Waals surface area contributed by atoms with Gasteiger partial charge in [-0.2, -0.15) is 0 Å². The minimum Gasteiger partial charge on any atom is -0.336 e. The molecule has 1 fully saturated rings. The Labute approximate surface area is 115 Å². The molecule has 1 aromatic heterocycles. The molecule has 0 spiro atoms. The highest BCUT2D eigenvalue weighted by atomic mass is 16.2. The Kier molecular flexibility index (Phi) is 5.13. The summed E-state index contributed by atoms with van der Waals surface area (Å²) in [7, 11) is 0. The first-order chi connectivity index (χ1) is 9.31. The molecule has 1 amide bonds. The summed E-state index contributed by atoms with van der Waals surface area (Å²) < 4.78 is 0. The van der Waals surface area contributed by atoms with E-state index in [4.69, 9.17) is 0 Å². The van der Waals surface area contributed by atoms with E-state index in [1.807, 2.05) is 23.1 Å². The van der Waals surface area contributed by atoms with E-state index in [-0.39, 0.29) is 5.91 Å². The lowest BCUT2D eigenvalue weighted by Gasteiger charge is -2.32. The molecule has 19 heavy (non-hydrogen) atoms. The predicted octanol–water partition coefficient (Wildman–Crippen LogP) is 3.28. The number of aromatic nitrogens is 1. The van der Waals surface area contributed by atoms with E-state index in [0.717, 1.165) is 24.9 Å². The molecule has 1 heterocycles. The van der Waals surface area contributed by atoms with Gasteiger partial charge in [-0.25, -0.2) is 0 Å². The lowest BCUT2D eigenvalue weighted by molar-refractivity contribution is -0.128. The van der Waals surface area contributed by atoms with Crippen LogP contribution in [0, 0.1) is 0 Å². The normalized spacial score (nSPS) is 16.7. The van der Waals surface area contributed by atoms with Gasteiger partial charge in [0.25, 0.3) is 0 Å². The van der Waals surface area contributed by atoms with Crippen molar-refractivity contribution in [3.8, 4) is 0 Å². The second-order valence-electron chi connectivity index (χ2n) is 5.04. The number of likely N-dealkylation sites (N-methyl/N-ethyl adjacent to an activating group) is 1. The van der Waals surface area contributed by atoms with Gasteiger partial charge in [-0.3, -0.25) is 9.78 Å². The van der Waals surface area contributed by atoms with E-state index in [2.05, 4.69) is 11.9 Å². The van der Waals surface area contributed by atoms with E-state index in [1.54, 1.807) is 18.5 Å². The van der Waals surface area contributed by atoms with Gasteiger partial charge >= 0.3 is 0 Å². The first-order valence-corrected chi connectivity index (χ1v) is 7.20. The molecule has 0 saturated heterocycles. The fourth-order valence-corrected chi connectivity index (χ4v) is 2.72. The zero-order chi connectivity index (χ0) is 13.5. The molecule has 1 saturated carbocycles. The SMILES string of the molecule is CCN(C(=O)/C=C/c1cccnc1)C1CCCCC1. The number of amides is 1. The number of nitrogens with zero attached hydrogens (tertiary/aromatic N) is 2. The highest BCUT2D eigenvalue weighted by molar-refractivity contribution is 5.91. The fourth-order valence-electron chi connectivity index (χ4n) is 2.72. The lowest BCUT2D eigenvalue weighted by Crippen LogP contribution is -2.40. The van der Waals surface area contributed by atoms with Gasteiger partial charge in [0.15, 0.2) is 0 Å². The minimum absolute atomic E-state index is 0.123. The minimum atomic E-state index is 0.123. The first kappa shape index (κ1) is 13.8. The maximum absolute atomic E-state index is 12.3. The molecule has 1 aliphatic rings. The third-order valence-electron chi connectivity index (χ3n) is 3.74. The highest BCUT2D eigenvalue weighted by Gasteiger charge is 2.22. The Hall–Kier alpha value is -1.64. The molecule has 2 rings (SSSR count). The van der Waals surface area contributed by atoms with Gasteiger partial charge in [-0.15, -0.1) is 0 Å². The van der Waals surface area contributed by atoms with Crippen LogP contribution in [-0.2, 0) is 4.79 Å². The summed E-state index contributed by atoms with van der Waals surface area (Å²) in [5.41, 5.74) is 0.968. The summed E-state index contributed by atoms with van der Waals surface area (Å²) in [6.07, 6.45) is 13.1. The van der Waals surface area contributed by atoms with Crippen molar-refractivity contribution < 1.29 is 4.79 Å². The topological polar surface area (TPSA) is 33.2 Å². The van der Waals surface area contributed by atoms with Crippen LogP contribution in [0.2, 0.25) is 0 Å². The van der Waals surface area contributed by atoms with E-state index >= 15 is 0 Å². The van der Waals surface area contributed by atoms with Crippen LogP contribution in [0.5, 0.6) is 0 Å². The van der Waals surface area contributed by atoms with Crippen LogP contribution in [-0.4, -0.2) is 28.4 Å². The predicted molar refractivity (Wildman–Crippen MR) is 77.5 cm³/mol. The van der Waals surface area contributed by atoms with E-state index in [1.165, 1.54) is 19.3 Å². The number of hydrogen-bond acceptors (Lipinski definition) is 2. The smallest absolute Gasteiger partial charge is 0.246 e. The lowest BCUT2D eigenvalue weighted by atomic mass is 9.94. The van der Waals surface area contributed by atoms with E-state index in [9.17, 15) is 4.79 Å². The molecule has 3 nitrogen and oxygen atoms in total. The summed E-state index contributed by atoms with van der Waals surface area (Å²) in [5.74, 6) is 0.123. The van der Waals surface area contributed by atoms with Crippen molar-refractivity contribution >= 4 is 12.0 Å². The quantitative estimate of drug-likeness (QED) is 0.776. The van der Waals surface area contributed by atoms with Gasteiger partial charge in [0.2, 0.25) is 5.91 Å². The van der Waals surface area contributed by atoms with Crippen molar-refractivity contribution in [2.45, 2.75) is 45.1 Å². The number of pyridine rings is 1. The summed E-state index contributed by atoms with van der Waals surface area (Å²) in [6, 6.07) is 4.26. The standard InChI is InChI=1S/C16H22N2O/c1-2-18(15-8-4-3-5-9-15)16(19)11-10-14-7-6-12-17-13-14/h6-7,10-13,15H,2-5,8-9H2,1H3/b11-10+. The average molecular weight is 258 g/mol. The Morgan fingerprint density at radius 3 is 2.84 bits per heavy atom. The molecule has 1 aliphatic carbocycles. The summed E-state index contributed by atoms with van der Waals surface area (Å²) in [4.78, 5) is 18.3. The maximum atomic E-state index is 12.3. The zero-order valence-corrected chi connectivity index (χ0v) is 11.6. The summed E-state index contributed by atoms with van der Waals surface area (Å²) >= 11 is 0. The summed E-state index contributed by atoms with van der Waals surface area (Å²) in [5, 5.41) is 0. The molecule has 1 aromatic rings. The third kappa shape index (κ3) is 3.91. The van der Waals surface area contributed by atoms with Crippen LogP contribution in [0.1, 0.15) is 44.6 Å². The van der Waals surface area contributed by atoms with E-state index in [0.29, 0.717) is 6.04 Å². The second kappa shape index (κ2) is 7.07. The van der Waals surface area contributed by atoms with Crippen molar-refractivity contribution in [1.29, 1.82) is 0 Å². The number of hydrogen-bond donors (Lipinski definition) is 0. The van der Waals surface area contributed by atoms with Crippen LogP contribution in [0.3, 0.4) is 0 Å². The van der Waals surface area contributed by atoms with Crippen molar-refractivity contribution in [2.24, 2.45) is 0 Å². The first-order valence-electron chi connectivity index (χ1n) is 7.20. The average Bonchev–Trinajstić information content (AvgIpc) is 2.48. The Morgan fingerprint density at radius 1 is 1.42 bits per heavy atom. The molecule has 102 valence electrons. The van der Waals surface area contributed by atoms with Gasteiger partial charge < -0.3 is 4.90 Å². The summed E-state index contributed by atoms with van der Waals surface area (Å²) in [6.45, 7) is 2.85. The fraction of sp³-hybridized carbons (Fsp3) is 0.500. The molecule has 0 aromatic carbocycles. The molecule has 0 radical (unpaired) electrons. The van der Waals surface area contributed by atoms with Crippen LogP contribution < -0.4 is 0 Å². The van der Waals surface area contributed by atoms with Crippen molar-refractivity contribution in [3.63, 3.8) is 0 Å². The maximum Gasteiger partial charge on any atom is 0.246 e. The Morgan fingerprint density at radius 2 is 2.21 bits per heavy atom. The van der Waals surface area contributed by atoms with Gasteiger partial charge in [0.05, 0.1) is 0 Å². The third-order valence-corrected chi connectivity index (χ3v) is 3.74. The van der Waals surface area contributed by atoms with Crippen LogP contribution in [0.15, 0.2) is 30.6 Å². The van der Waals surface area contributed by atoms with Crippen LogP contribution >= 0.6 is 0 Å². The van der Waals surface area contributed by atoms with Gasteiger partial charge in [-0.1, -0.05) is 25.3 Å². The van der Waals surface area contributed by atoms with Crippen LogP contribution in [0.4, 0.5) is 0 Å². The number of carbonyl (C=O) groups is 1. The van der Waals surface area contributed by atoms with Gasteiger partial charge in [0.1, 0.15) is 0 Å². The molecular weight excluding hydrogens is 236 g/mol. The molecule has 0 atom stereocenters. The number of carbonyl (C=O) groups excluding carboxylic acids is 1. The zero-order valence-electron chi connectivity index (χ0n) is 11.6. The Balaban J connectivity index is 1.98. The largest absolute Gasteiger partial charge is 0.336 e. The second-order valence-corrected chi connectivity index (χ2v) is 5.04. The molecule has 0 aliphatic heterocycles.